The monoisotopic (exact) mass is 423 g/mol. The van der Waals surface area contributed by atoms with E-state index in [2.05, 4.69) is 17.3 Å². The summed E-state index contributed by atoms with van der Waals surface area (Å²) >= 11 is 7.79. The summed E-state index contributed by atoms with van der Waals surface area (Å²) < 4.78 is 6.60. The second kappa shape index (κ2) is 7.61. The minimum atomic E-state index is -0.0928. The van der Waals surface area contributed by atoms with Gasteiger partial charge >= 0.3 is 0 Å². The molecule has 0 N–H and O–H groups in total. The van der Waals surface area contributed by atoms with E-state index in [1.807, 2.05) is 29.2 Å². The van der Waals surface area contributed by atoms with Crippen LogP contribution >= 0.6 is 22.9 Å². The lowest BCUT2D eigenvalue weighted by Gasteiger charge is -2.30. The highest BCUT2D eigenvalue weighted by Gasteiger charge is 2.28. The molecule has 146 valence electrons. The number of rotatable bonds is 3. The normalized spacial score (nSPS) is 15.1. The van der Waals surface area contributed by atoms with E-state index in [1.54, 1.807) is 29.5 Å². The fraction of sp³-hybridized carbons (Fsp3) is 0.227. The van der Waals surface area contributed by atoms with E-state index in [9.17, 15) is 4.79 Å². The van der Waals surface area contributed by atoms with E-state index in [4.69, 9.17) is 21.1 Å². The topological polar surface area (TPSA) is 59.2 Å². The van der Waals surface area contributed by atoms with Gasteiger partial charge in [-0.2, -0.15) is 0 Å². The van der Waals surface area contributed by atoms with Crippen molar-refractivity contribution in [2.45, 2.75) is 18.8 Å². The molecule has 1 saturated heterocycles. The fourth-order valence-electron chi connectivity index (χ4n) is 3.71. The number of thiazole rings is 1. The Hall–Kier alpha value is -2.70. The van der Waals surface area contributed by atoms with Crippen molar-refractivity contribution in [3.05, 3.63) is 70.3 Å². The Morgan fingerprint density at radius 1 is 1.10 bits per heavy atom. The fourth-order valence-corrected chi connectivity index (χ4v) is 5.04. The number of aromatic nitrogens is 2. The minimum Gasteiger partial charge on any atom is -0.355 e. The van der Waals surface area contributed by atoms with Gasteiger partial charge in [-0.3, -0.25) is 4.79 Å². The van der Waals surface area contributed by atoms with Crippen LogP contribution in [0.4, 0.5) is 0 Å². The van der Waals surface area contributed by atoms with Gasteiger partial charge in [-0.15, -0.1) is 11.3 Å². The van der Waals surface area contributed by atoms with Gasteiger partial charge in [-0.05, 0) is 37.1 Å². The molecule has 0 atom stereocenters. The second-order valence-electron chi connectivity index (χ2n) is 7.17. The highest BCUT2D eigenvalue weighted by Crippen LogP contribution is 2.34. The SMILES string of the molecule is O=C(c1cc(-c2cccc(Cl)c2)on1)N1CCC(c2nc3ccccc3s2)CC1. The van der Waals surface area contributed by atoms with Gasteiger partial charge in [-0.1, -0.05) is 41.0 Å². The molecule has 29 heavy (non-hydrogen) atoms. The van der Waals surface area contributed by atoms with Crippen molar-refractivity contribution in [3.63, 3.8) is 0 Å². The van der Waals surface area contributed by atoms with Gasteiger partial charge in [0.05, 0.1) is 15.2 Å². The molecule has 0 unspecified atom stereocenters. The third kappa shape index (κ3) is 3.66. The molecule has 3 heterocycles. The summed E-state index contributed by atoms with van der Waals surface area (Å²) in [5, 5.41) is 5.77. The van der Waals surface area contributed by atoms with Gasteiger partial charge < -0.3 is 9.42 Å². The first kappa shape index (κ1) is 18.3. The van der Waals surface area contributed by atoms with E-state index in [0.717, 1.165) is 23.9 Å². The van der Waals surface area contributed by atoms with E-state index in [-0.39, 0.29) is 5.91 Å². The Kier molecular flexibility index (Phi) is 4.81. The average molecular weight is 424 g/mol. The van der Waals surface area contributed by atoms with Crippen molar-refractivity contribution in [2.24, 2.45) is 0 Å². The molecule has 1 aliphatic heterocycles. The number of amides is 1. The summed E-state index contributed by atoms with van der Waals surface area (Å²) in [5.41, 5.74) is 2.19. The molecular weight excluding hydrogens is 406 g/mol. The van der Waals surface area contributed by atoms with Crippen molar-refractivity contribution in [3.8, 4) is 11.3 Å². The maximum atomic E-state index is 12.9. The summed E-state index contributed by atoms with van der Waals surface area (Å²) in [6, 6.07) is 17.2. The van der Waals surface area contributed by atoms with Crippen molar-refractivity contribution < 1.29 is 9.32 Å². The minimum absolute atomic E-state index is 0.0928. The van der Waals surface area contributed by atoms with Crippen LogP contribution in [-0.2, 0) is 0 Å². The molecular formula is C22H18ClN3O2S. The lowest BCUT2D eigenvalue weighted by molar-refractivity contribution is 0.0702. The second-order valence-corrected chi connectivity index (χ2v) is 8.67. The standard InChI is InChI=1S/C22H18ClN3O2S/c23-16-5-3-4-15(12-16)19-13-18(25-28-19)22(27)26-10-8-14(9-11-26)21-24-17-6-1-2-7-20(17)29-21/h1-7,12-14H,8-11H2. The van der Waals surface area contributed by atoms with E-state index in [0.29, 0.717) is 35.5 Å². The summed E-state index contributed by atoms with van der Waals surface area (Å²) in [6.45, 7) is 1.39. The maximum Gasteiger partial charge on any atom is 0.276 e. The number of piperidine rings is 1. The van der Waals surface area contributed by atoms with E-state index in [1.165, 1.54) is 9.71 Å². The Morgan fingerprint density at radius 3 is 2.72 bits per heavy atom. The quantitative estimate of drug-likeness (QED) is 0.428. The number of fused-ring (bicyclic) bond motifs is 1. The Labute approximate surface area is 176 Å². The summed E-state index contributed by atoms with van der Waals surface area (Å²) in [6.07, 6.45) is 1.81. The number of nitrogens with zero attached hydrogens (tertiary/aromatic N) is 3. The van der Waals surface area contributed by atoms with Crippen LogP contribution in [0.3, 0.4) is 0 Å². The molecule has 5 rings (SSSR count). The number of carbonyl (C=O) groups excluding carboxylic acids is 1. The number of para-hydroxylation sites is 1. The summed E-state index contributed by atoms with van der Waals surface area (Å²) in [7, 11) is 0. The van der Waals surface area contributed by atoms with Crippen molar-refractivity contribution in [2.75, 3.05) is 13.1 Å². The Morgan fingerprint density at radius 2 is 1.93 bits per heavy atom. The summed E-state index contributed by atoms with van der Waals surface area (Å²) in [4.78, 5) is 19.5. The van der Waals surface area contributed by atoms with Crippen molar-refractivity contribution >= 4 is 39.1 Å². The molecule has 1 amide bonds. The van der Waals surface area contributed by atoms with Crippen molar-refractivity contribution in [1.29, 1.82) is 0 Å². The van der Waals surface area contributed by atoms with Crippen LogP contribution in [0.15, 0.2) is 59.1 Å². The maximum absolute atomic E-state index is 12.9. The lowest BCUT2D eigenvalue weighted by atomic mass is 9.97. The molecule has 0 bridgehead atoms. The van der Waals surface area contributed by atoms with Crippen LogP contribution in [-0.4, -0.2) is 34.0 Å². The number of hydrogen-bond donors (Lipinski definition) is 0. The van der Waals surface area contributed by atoms with Crippen LogP contribution < -0.4 is 0 Å². The smallest absolute Gasteiger partial charge is 0.276 e. The highest BCUT2D eigenvalue weighted by atomic mass is 35.5. The van der Waals surface area contributed by atoms with Crippen LogP contribution in [0.2, 0.25) is 5.02 Å². The van der Waals surface area contributed by atoms with Gasteiger partial charge in [0.1, 0.15) is 0 Å². The molecule has 4 aromatic rings. The molecule has 0 aliphatic carbocycles. The zero-order chi connectivity index (χ0) is 19.8. The first-order valence-electron chi connectivity index (χ1n) is 9.55. The van der Waals surface area contributed by atoms with E-state index < -0.39 is 0 Å². The zero-order valence-corrected chi connectivity index (χ0v) is 17.1. The third-order valence-electron chi connectivity index (χ3n) is 5.28. The number of likely N-dealkylation sites (tertiary alicyclic amines) is 1. The lowest BCUT2D eigenvalue weighted by Crippen LogP contribution is -2.38. The van der Waals surface area contributed by atoms with Crippen LogP contribution in [0.25, 0.3) is 21.5 Å². The largest absolute Gasteiger partial charge is 0.355 e. The molecule has 0 radical (unpaired) electrons. The molecule has 2 aromatic carbocycles. The van der Waals surface area contributed by atoms with E-state index >= 15 is 0 Å². The van der Waals surface area contributed by atoms with Crippen molar-refractivity contribution in [1.82, 2.24) is 15.0 Å². The third-order valence-corrected chi connectivity index (χ3v) is 6.71. The van der Waals surface area contributed by atoms with Crippen LogP contribution in [0.1, 0.15) is 34.3 Å². The summed E-state index contributed by atoms with van der Waals surface area (Å²) in [5.74, 6) is 0.848. The molecule has 1 fully saturated rings. The van der Waals surface area contributed by atoms with Gasteiger partial charge in [-0.25, -0.2) is 4.98 Å². The number of hydrogen-bond acceptors (Lipinski definition) is 5. The number of halogens is 1. The Balaban J connectivity index is 1.26. The number of benzene rings is 2. The zero-order valence-electron chi connectivity index (χ0n) is 15.5. The predicted molar refractivity (Wildman–Crippen MR) is 114 cm³/mol. The van der Waals surface area contributed by atoms with Crippen LogP contribution in [0, 0.1) is 0 Å². The molecule has 7 heteroatoms. The average Bonchev–Trinajstić information content (AvgIpc) is 3.41. The number of carbonyl (C=O) groups is 1. The first-order chi connectivity index (χ1) is 14.2. The Bertz CT molecular complexity index is 1140. The molecule has 1 aliphatic rings. The molecule has 0 saturated carbocycles. The first-order valence-corrected chi connectivity index (χ1v) is 10.7. The molecule has 2 aromatic heterocycles. The predicted octanol–water partition coefficient (Wildman–Crippen LogP) is 5.62. The molecule has 5 nitrogen and oxygen atoms in total. The van der Waals surface area contributed by atoms with Gasteiger partial charge in [0.15, 0.2) is 11.5 Å². The van der Waals surface area contributed by atoms with Gasteiger partial charge in [0.25, 0.3) is 5.91 Å². The van der Waals surface area contributed by atoms with Gasteiger partial charge in [0.2, 0.25) is 0 Å². The molecule has 0 spiro atoms. The highest BCUT2D eigenvalue weighted by molar-refractivity contribution is 7.18. The van der Waals surface area contributed by atoms with Crippen LogP contribution in [0.5, 0.6) is 0 Å². The van der Waals surface area contributed by atoms with Gasteiger partial charge in [0, 0.05) is 35.7 Å².